The second-order valence-electron chi connectivity index (χ2n) is 8.91. The zero-order chi connectivity index (χ0) is 19.7. The van der Waals surface area contributed by atoms with Crippen LogP contribution in [0.5, 0.6) is 0 Å². The fraction of sp³-hybridized carbons (Fsp3) is 0.458. The first kappa shape index (κ1) is 19.0. The van der Waals surface area contributed by atoms with Crippen molar-refractivity contribution in [3.05, 3.63) is 59.9 Å². The average Bonchev–Trinajstić information content (AvgIpc) is 3.35. The van der Waals surface area contributed by atoms with Crippen molar-refractivity contribution < 1.29 is 9.18 Å². The Bertz CT molecular complexity index is 845. The van der Waals surface area contributed by atoms with Gasteiger partial charge in [-0.3, -0.25) is 0 Å². The molecule has 0 radical (unpaired) electrons. The van der Waals surface area contributed by atoms with Gasteiger partial charge >= 0.3 is 6.03 Å². The number of urea groups is 1. The normalized spacial score (nSPS) is 20.0. The fourth-order valence-corrected chi connectivity index (χ4v) is 4.35. The Hall–Kier alpha value is -2.36. The van der Waals surface area contributed by atoms with Crippen LogP contribution >= 0.6 is 0 Å². The van der Waals surface area contributed by atoms with Crippen molar-refractivity contribution in [3.63, 3.8) is 0 Å². The summed E-state index contributed by atoms with van der Waals surface area (Å²) in [5.74, 6) is 0.257. The molecule has 1 aliphatic heterocycles. The van der Waals surface area contributed by atoms with Crippen molar-refractivity contribution in [2.45, 2.75) is 45.6 Å². The van der Waals surface area contributed by atoms with Gasteiger partial charge in [0.1, 0.15) is 5.82 Å². The van der Waals surface area contributed by atoms with E-state index in [0.29, 0.717) is 30.0 Å². The minimum Gasteiger partial charge on any atom is -0.338 e. The molecule has 1 atom stereocenters. The van der Waals surface area contributed by atoms with Gasteiger partial charge in [-0.2, -0.15) is 0 Å². The maximum atomic E-state index is 15.3. The monoisotopic (exact) mass is 380 g/mol. The number of likely N-dealkylation sites (tertiary alicyclic amines) is 1. The summed E-state index contributed by atoms with van der Waals surface area (Å²) in [4.78, 5) is 14.7. The molecule has 4 heteroatoms. The van der Waals surface area contributed by atoms with E-state index in [4.69, 9.17) is 0 Å². The molecule has 1 heterocycles. The predicted octanol–water partition coefficient (Wildman–Crippen LogP) is 5.26. The number of amides is 2. The van der Waals surface area contributed by atoms with Gasteiger partial charge < -0.3 is 10.2 Å². The van der Waals surface area contributed by atoms with Gasteiger partial charge in [-0.1, -0.05) is 62.4 Å². The zero-order valence-electron chi connectivity index (χ0n) is 16.7. The number of hydrogen-bond acceptors (Lipinski definition) is 1. The van der Waals surface area contributed by atoms with Crippen molar-refractivity contribution in [2.24, 2.45) is 11.3 Å². The highest BCUT2D eigenvalue weighted by atomic mass is 19.1. The molecule has 0 aromatic heterocycles. The standard InChI is InChI=1S/C24H29FN2O/c1-17(2)15-26-23(28)27-16-24(11-12-24)14-20(27)13-19-9-6-10-21(22(19)25)18-7-4-3-5-8-18/h3-10,17,20H,11-16H2,1-2H3,(H,26,28)/t20-/m0/s1. The predicted molar refractivity (Wildman–Crippen MR) is 111 cm³/mol. The van der Waals surface area contributed by atoms with Crippen LogP contribution in [0.4, 0.5) is 9.18 Å². The largest absolute Gasteiger partial charge is 0.338 e. The number of nitrogens with one attached hydrogen (secondary N) is 1. The van der Waals surface area contributed by atoms with E-state index in [1.807, 2.05) is 53.4 Å². The number of halogens is 1. The van der Waals surface area contributed by atoms with Crippen molar-refractivity contribution in [1.29, 1.82) is 0 Å². The van der Waals surface area contributed by atoms with Gasteiger partial charge in [-0.15, -0.1) is 0 Å². The minimum absolute atomic E-state index is 0.00194. The van der Waals surface area contributed by atoms with E-state index < -0.39 is 0 Å². The van der Waals surface area contributed by atoms with Crippen molar-refractivity contribution in [1.82, 2.24) is 10.2 Å². The zero-order valence-corrected chi connectivity index (χ0v) is 16.7. The smallest absolute Gasteiger partial charge is 0.317 e. The van der Waals surface area contributed by atoms with Crippen LogP contribution in [0.3, 0.4) is 0 Å². The van der Waals surface area contributed by atoms with Crippen LogP contribution in [0.1, 0.15) is 38.7 Å². The summed E-state index contributed by atoms with van der Waals surface area (Å²) < 4.78 is 15.3. The van der Waals surface area contributed by atoms with Gasteiger partial charge in [0, 0.05) is 24.7 Å². The molecular formula is C24H29FN2O. The number of carbonyl (C=O) groups is 1. The lowest BCUT2D eigenvalue weighted by Crippen LogP contribution is -2.45. The summed E-state index contributed by atoms with van der Waals surface area (Å²) in [5.41, 5.74) is 2.50. The van der Waals surface area contributed by atoms with Gasteiger partial charge in [0.25, 0.3) is 0 Å². The molecule has 0 unspecified atom stereocenters. The molecule has 2 aromatic rings. The Labute approximate surface area is 166 Å². The first-order valence-corrected chi connectivity index (χ1v) is 10.3. The summed E-state index contributed by atoms with van der Waals surface area (Å²) in [6.45, 7) is 5.66. The Morgan fingerprint density at radius 1 is 1.18 bits per heavy atom. The van der Waals surface area contributed by atoms with E-state index in [1.165, 1.54) is 12.8 Å². The SMILES string of the molecule is CC(C)CNC(=O)N1CC2(CC2)C[C@@H]1Cc1cccc(-c2ccccc2)c1F. The Kier molecular flexibility index (Phi) is 5.13. The van der Waals surface area contributed by atoms with Crippen molar-refractivity contribution >= 4 is 6.03 Å². The highest BCUT2D eigenvalue weighted by molar-refractivity contribution is 5.75. The van der Waals surface area contributed by atoms with E-state index in [0.717, 1.165) is 18.5 Å². The number of rotatable bonds is 5. The van der Waals surface area contributed by atoms with Gasteiger partial charge in [0.15, 0.2) is 0 Å². The topological polar surface area (TPSA) is 32.3 Å². The van der Waals surface area contributed by atoms with Crippen molar-refractivity contribution in [3.8, 4) is 11.1 Å². The molecular weight excluding hydrogens is 351 g/mol. The molecule has 148 valence electrons. The van der Waals surface area contributed by atoms with Crippen LogP contribution in [-0.2, 0) is 6.42 Å². The third-order valence-electron chi connectivity index (χ3n) is 6.11. The lowest BCUT2D eigenvalue weighted by molar-refractivity contribution is 0.189. The third-order valence-corrected chi connectivity index (χ3v) is 6.11. The molecule has 4 rings (SSSR count). The molecule has 2 aromatic carbocycles. The molecule has 2 aliphatic rings. The lowest BCUT2D eigenvalue weighted by atomic mass is 9.95. The van der Waals surface area contributed by atoms with Crippen LogP contribution in [0.2, 0.25) is 0 Å². The fourth-order valence-electron chi connectivity index (χ4n) is 4.35. The summed E-state index contributed by atoms with van der Waals surface area (Å²) in [6.07, 6.45) is 3.93. The highest BCUT2D eigenvalue weighted by Gasteiger charge is 2.53. The molecule has 1 spiro atoms. The molecule has 3 nitrogen and oxygen atoms in total. The summed E-state index contributed by atoms with van der Waals surface area (Å²) in [6, 6.07) is 15.3. The summed E-state index contributed by atoms with van der Waals surface area (Å²) >= 11 is 0. The number of benzene rings is 2. The quantitative estimate of drug-likeness (QED) is 0.754. The van der Waals surface area contributed by atoms with Gasteiger partial charge in [0.05, 0.1) is 0 Å². The Morgan fingerprint density at radius 2 is 1.93 bits per heavy atom. The number of nitrogens with zero attached hydrogens (tertiary/aromatic N) is 1. The second-order valence-corrected chi connectivity index (χ2v) is 8.91. The van der Waals surface area contributed by atoms with E-state index in [2.05, 4.69) is 19.2 Å². The van der Waals surface area contributed by atoms with Crippen molar-refractivity contribution in [2.75, 3.05) is 13.1 Å². The first-order chi connectivity index (χ1) is 13.5. The number of hydrogen-bond donors (Lipinski definition) is 1. The Morgan fingerprint density at radius 3 is 2.61 bits per heavy atom. The van der Waals surface area contributed by atoms with E-state index >= 15 is 4.39 Å². The molecule has 0 bridgehead atoms. The third kappa shape index (κ3) is 3.91. The molecule has 1 aliphatic carbocycles. The van der Waals surface area contributed by atoms with Gasteiger partial charge in [0.2, 0.25) is 0 Å². The maximum absolute atomic E-state index is 15.3. The Balaban J connectivity index is 1.54. The van der Waals surface area contributed by atoms with E-state index in [-0.39, 0.29) is 23.3 Å². The van der Waals surface area contributed by atoms with Crippen LogP contribution < -0.4 is 5.32 Å². The maximum Gasteiger partial charge on any atom is 0.317 e. The average molecular weight is 381 g/mol. The highest BCUT2D eigenvalue weighted by Crippen LogP contribution is 2.55. The lowest BCUT2D eigenvalue weighted by Gasteiger charge is -2.26. The van der Waals surface area contributed by atoms with E-state index in [9.17, 15) is 4.79 Å². The minimum atomic E-state index is -0.159. The first-order valence-electron chi connectivity index (χ1n) is 10.3. The molecule has 2 amide bonds. The van der Waals surface area contributed by atoms with Gasteiger partial charge in [-0.25, -0.2) is 9.18 Å². The second kappa shape index (κ2) is 7.57. The molecule has 28 heavy (non-hydrogen) atoms. The molecule has 2 fully saturated rings. The van der Waals surface area contributed by atoms with Crippen LogP contribution in [0.15, 0.2) is 48.5 Å². The van der Waals surface area contributed by atoms with Gasteiger partial charge in [-0.05, 0) is 48.1 Å². The molecule has 1 saturated heterocycles. The molecule has 1 N–H and O–H groups in total. The van der Waals surface area contributed by atoms with Crippen LogP contribution in [-0.4, -0.2) is 30.1 Å². The number of carbonyl (C=O) groups excluding carboxylic acids is 1. The molecule has 1 saturated carbocycles. The summed E-state index contributed by atoms with van der Waals surface area (Å²) in [7, 11) is 0. The summed E-state index contributed by atoms with van der Waals surface area (Å²) in [5, 5.41) is 3.05. The van der Waals surface area contributed by atoms with E-state index in [1.54, 1.807) is 0 Å². The van der Waals surface area contributed by atoms with Crippen LogP contribution in [0.25, 0.3) is 11.1 Å². The van der Waals surface area contributed by atoms with Crippen LogP contribution in [0, 0.1) is 17.2 Å².